The van der Waals surface area contributed by atoms with Crippen LogP contribution in [0.25, 0.3) is 0 Å². The third kappa shape index (κ3) is 4.23. The Bertz CT molecular complexity index is 450. The first-order chi connectivity index (χ1) is 8.96. The highest BCUT2D eigenvalue weighted by molar-refractivity contribution is 7.99. The summed E-state index contributed by atoms with van der Waals surface area (Å²) in [5.41, 5.74) is -0.181. The first kappa shape index (κ1) is 14.4. The van der Waals surface area contributed by atoms with E-state index in [1.165, 1.54) is 31.0 Å². The molecular formula is C13H22N4OS. The van der Waals surface area contributed by atoms with Crippen molar-refractivity contribution in [2.24, 2.45) is 0 Å². The number of rotatable bonds is 3. The van der Waals surface area contributed by atoms with Gasteiger partial charge in [0.05, 0.1) is 5.75 Å². The van der Waals surface area contributed by atoms with Gasteiger partial charge in [0.1, 0.15) is 5.82 Å². The maximum Gasteiger partial charge on any atom is 0.230 e. The van der Waals surface area contributed by atoms with E-state index in [1.807, 2.05) is 20.8 Å². The van der Waals surface area contributed by atoms with Gasteiger partial charge >= 0.3 is 0 Å². The van der Waals surface area contributed by atoms with Crippen LogP contribution in [-0.2, 0) is 17.8 Å². The number of thioether (sulfide) groups is 1. The van der Waals surface area contributed by atoms with Gasteiger partial charge in [0, 0.05) is 18.5 Å². The Morgan fingerprint density at radius 3 is 2.84 bits per heavy atom. The Kier molecular flexibility index (Phi) is 4.50. The van der Waals surface area contributed by atoms with Crippen LogP contribution in [0.1, 0.15) is 45.9 Å². The molecule has 0 spiro atoms. The standard InChI is InChI=1S/C13H22N4OS/c1-13(2,3)14-11(18)9-19-12-16-15-10-7-5-4-6-8-17(10)12/h4-9H2,1-3H3,(H,14,18). The third-order valence-electron chi connectivity index (χ3n) is 2.92. The van der Waals surface area contributed by atoms with E-state index in [4.69, 9.17) is 0 Å². The summed E-state index contributed by atoms with van der Waals surface area (Å²) in [7, 11) is 0. The van der Waals surface area contributed by atoms with E-state index in [0.29, 0.717) is 5.75 Å². The highest BCUT2D eigenvalue weighted by atomic mass is 32.2. The number of amides is 1. The lowest BCUT2D eigenvalue weighted by molar-refractivity contribution is -0.119. The molecule has 0 fully saturated rings. The Morgan fingerprint density at radius 1 is 1.32 bits per heavy atom. The predicted octanol–water partition coefficient (Wildman–Crippen LogP) is 2.01. The van der Waals surface area contributed by atoms with Crippen molar-refractivity contribution >= 4 is 17.7 Å². The van der Waals surface area contributed by atoms with Crippen LogP contribution in [0.3, 0.4) is 0 Å². The molecule has 106 valence electrons. The number of fused-ring (bicyclic) bond motifs is 1. The highest BCUT2D eigenvalue weighted by Gasteiger charge is 2.18. The van der Waals surface area contributed by atoms with Crippen LogP contribution in [0.5, 0.6) is 0 Å². The second kappa shape index (κ2) is 5.94. The molecule has 0 aliphatic carbocycles. The van der Waals surface area contributed by atoms with Gasteiger partial charge in [0.2, 0.25) is 5.91 Å². The van der Waals surface area contributed by atoms with Gasteiger partial charge in [-0.3, -0.25) is 4.79 Å². The fraction of sp³-hybridized carbons (Fsp3) is 0.769. The predicted molar refractivity (Wildman–Crippen MR) is 76.2 cm³/mol. The van der Waals surface area contributed by atoms with E-state index < -0.39 is 0 Å². The lowest BCUT2D eigenvalue weighted by atomic mass is 10.1. The average molecular weight is 282 g/mol. The zero-order valence-electron chi connectivity index (χ0n) is 11.9. The Morgan fingerprint density at radius 2 is 2.11 bits per heavy atom. The smallest absolute Gasteiger partial charge is 0.230 e. The second-order valence-corrected chi connectivity index (χ2v) is 6.89. The minimum atomic E-state index is -0.181. The normalized spacial score (nSPS) is 15.7. The van der Waals surface area contributed by atoms with E-state index in [-0.39, 0.29) is 11.4 Å². The molecule has 2 rings (SSSR count). The van der Waals surface area contributed by atoms with E-state index in [2.05, 4.69) is 20.1 Å². The van der Waals surface area contributed by atoms with Crippen LogP contribution in [0.15, 0.2) is 5.16 Å². The fourth-order valence-corrected chi connectivity index (χ4v) is 2.93. The molecule has 19 heavy (non-hydrogen) atoms. The van der Waals surface area contributed by atoms with Gasteiger partial charge < -0.3 is 9.88 Å². The van der Waals surface area contributed by atoms with Gasteiger partial charge in [0.25, 0.3) is 0 Å². The van der Waals surface area contributed by atoms with Crippen molar-refractivity contribution in [1.29, 1.82) is 0 Å². The molecule has 0 saturated heterocycles. The van der Waals surface area contributed by atoms with Gasteiger partial charge in [-0.25, -0.2) is 0 Å². The number of nitrogens with one attached hydrogen (secondary N) is 1. The first-order valence-corrected chi connectivity index (χ1v) is 7.80. The minimum Gasteiger partial charge on any atom is -0.351 e. The number of carbonyl (C=O) groups is 1. The van der Waals surface area contributed by atoms with Gasteiger partial charge in [-0.1, -0.05) is 18.2 Å². The summed E-state index contributed by atoms with van der Waals surface area (Å²) in [6.07, 6.45) is 4.61. The van der Waals surface area contributed by atoms with Crippen LogP contribution >= 0.6 is 11.8 Å². The topological polar surface area (TPSA) is 59.8 Å². The molecular weight excluding hydrogens is 260 g/mol. The molecule has 0 aromatic carbocycles. The van der Waals surface area contributed by atoms with Crippen molar-refractivity contribution in [2.75, 3.05) is 5.75 Å². The largest absolute Gasteiger partial charge is 0.351 e. The molecule has 1 aliphatic rings. The summed E-state index contributed by atoms with van der Waals surface area (Å²) in [5, 5.41) is 12.3. The van der Waals surface area contributed by atoms with Crippen LogP contribution in [0.2, 0.25) is 0 Å². The number of hydrogen-bond donors (Lipinski definition) is 1. The molecule has 6 heteroatoms. The van der Waals surface area contributed by atoms with Gasteiger partial charge in [-0.15, -0.1) is 10.2 Å². The molecule has 0 radical (unpaired) electrons. The van der Waals surface area contributed by atoms with E-state index >= 15 is 0 Å². The van der Waals surface area contributed by atoms with E-state index in [1.54, 1.807) is 0 Å². The van der Waals surface area contributed by atoms with E-state index in [9.17, 15) is 4.79 Å². The Balaban J connectivity index is 1.93. The van der Waals surface area contributed by atoms with Crippen molar-refractivity contribution in [3.63, 3.8) is 0 Å². The van der Waals surface area contributed by atoms with Gasteiger partial charge in [-0.05, 0) is 33.6 Å². The molecule has 1 aromatic rings. The second-order valence-electron chi connectivity index (χ2n) is 5.95. The zero-order chi connectivity index (χ0) is 13.9. The molecule has 0 unspecified atom stereocenters. The summed E-state index contributed by atoms with van der Waals surface area (Å²) in [6, 6.07) is 0. The molecule has 1 aliphatic heterocycles. The quantitative estimate of drug-likeness (QED) is 0.862. The lowest BCUT2D eigenvalue weighted by Gasteiger charge is -2.20. The Labute approximate surface area is 118 Å². The molecule has 1 aromatic heterocycles. The third-order valence-corrected chi connectivity index (χ3v) is 3.89. The zero-order valence-corrected chi connectivity index (χ0v) is 12.7. The van der Waals surface area contributed by atoms with Crippen LogP contribution in [0, 0.1) is 0 Å². The summed E-state index contributed by atoms with van der Waals surface area (Å²) in [6.45, 7) is 6.93. The summed E-state index contributed by atoms with van der Waals surface area (Å²) >= 11 is 1.48. The minimum absolute atomic E-state index is 0.0449. The molecule has 2 heterocycles. The van der Waals surface area contributed by atoms with Crippen LogP contribution in [0.4, 0.5) is 0 Å². The van der Waals surface area contributed by atoms with Crippen LogP contribution < -0.4 is 5.32 Å². The fourth-order valence-electron chi connectivity index (χ4n) is 2.15. The van der Waals surface area contributed by atoms with Crippen molar-refractivity contribution in [2.45, 2.75) is 63.7 Å². The van der Waals surface area contributed by atoms with Gasteiger partial charge in [-0.2, -0.15) is 0 Å². The number of hydrogen-bond acceptors (Lipinski definition) is 4. The molecule has 0 saturated carbocycles. The van der Waals surface area contributed by atoms with Crippen molar-refractivity contribution in [3.05, 3.63) is 5.82 Å². The summed E-state index contributed by atoms with van der Waals surface area (Å²) in [4.78, 5) is 11.8. The average Bonchev–Trinajstić information content (AvgIpc) is 2.53. The van der Waals surface area contributed by atoms with Crippen molar-refractivity contribution in [1.82, 2.24) is 20.1 Å². The van der Waals surface area contributed by atoms with Crippen LogP contribution in [-0.4, -0.2) is 32.0 Å². The number of carbonyl (C=O) groups excluding carboxylic acids is 1. The monoisotopic (exact) mass is 282 g/mol. The molecule has 0 atom stereocenters. The molecule has 1 N–H and O–H groups in total. The van der Waals surface area contributed by atoms with Gasteiger partial charge in [0.15, 0.2) is 5.16 Å². The lowest BCUT2D eigenvalue weighted by Crippen LogP contribution is -2.41. The summed E-state index contributed by atoms with van der Waals surface area (Å²) in [5.74, 6) is 1.51. The first-order valence-electron chi connectivity index (χ1n) is 6.81. The molecule has 5 nitrogen and oxygen atoms in total. The maximum absolute atomic E-state index is 11.8. The SMILES string of the molecule is CC(C)(C)NC(=O)CSc1nnc2n1CCCCC2. The van der Waals surface area contributed by atoms with Crippen molar-refractivity contribution < 1.29 is 4.79 Å². The number of aromatic nitrogens is 3. The number of nitrogens with zero attached hydrogens (tertiary/aromatic N) is 3. The number of aryl methyl sites for hydroxylation is 1. The van der Waals surface area contributed by atoms with Crippen molar-refractivity contribution in [3.8, 4) is 0 Å². The molecule has 0 bridgehead atoms. The Hall–Kier alpha value is -1.04. The van der Waals surface area contributed by atoms with E-state index in [0.717, 1.165) is 23.9 Å². The molecule has 1 amide bonds. The highest BCUT2D eigenvalue weighted by Crippen LogP contribution is 2.21. The summed E-state index contributed by atoms with van der Waals surface area (Å²) < 4.78 is 2.17. The maximum atomic E-state index is 11.8.